The Hall–Kier alpha value is -1.06. The van der Waals surface area contributed by atoms with Gasteiger partial charge >= 0.3 is 0 Å². The third-order valence-corrected chi connectivity index (χ3v) is 4.72. The molecule has 2 saturated carbocycles. The number of rotatable bonds is 3. The minimum atomic E-state index is -0.558. The fraction of sp³-hybridized carbons (Fsp3) is 0.867. The van der Waals surface area contributed by atoms with Crippen molar-refractivity contribution in [3.05, 3.63) is 0 Å². The molecule has 1 heterocycles. The van der Waals surface area contributed by atoms with Crippen molar-refractivity contribution < 1.29 is 9.59 Å². The van der Waals surface area contributed by atoms with Gasteiger partial charge in [0.15, 0.2) is 0 Å². The van der Waals surface area contributed by atoms with Gasteiger partial charge in [0, 0.05) is 6.54 Å². The van der Waals surface area contributed by atoms with Gasteiger partial charge in [0.05, 0.1) is 0 Å². The number of carbonyl (C=O) groups is 2. The van der Waals surface area contributed by atoms with E-state index in [4.69, 9.17) is 0 Å². The number of carbonyl (C=O) groups excluding carboxylic acids is 2. The van der Waals surface area contributed by atoms with Crippen LogP contribution < -0.4 is 5.32 Å². The largest absolute Gasteiger partial charge is 0.340 e. The van der Waals surface area contributed by atoms with Gasteiger partial charge in [0.2, 0.25) is 11.8 Å². The molecule has 3 fully saturated rings. The van der Waals surface area contributed by atoms with E-state index in [0.29, 0.717) is 11.8 Å². The summed E-state index contributed by atoms with van der Waals surface area (Å²) in [6.07, 6.45) is 5.93. The number of piperazine rings is 1. The smallest absolute Gasteiger partial charge is 0.249 e. The van der Waals surface area contributed by atoms with Gasteiger partial charge in [-0.3, -0.25) is 9.59 Å². The van der Waals surface area contributed by atoms with Gasteiger partial charge in [0.25, 0.3) is 0 Å². The number of hydrogen-bond donors (Lipinski definition) is 1. The molecular weight excluding hydrogens is 240 g/mol. The van der Waals surface area contributed by atoms with Crippen LogP contribution in [0.1, 0.15) is 52.4 Å². The Balaban J connectivity index is 1.88. The van der Waals surface area contributed by atoms with Gasteiger partial charge in [-0.1, -0.05) is 26.7 Å². The first-order valence-corrected chi connectivity index (χ1v) is 7.66. The minimum absolute atomic E-state index is 0.102. The third kappa shape index (κ3) is 2.15. The van der Waals surface area contributed by atoms with E-state index in [-0.39, 0.29) is 17.9 Å². The molecule has 0 aromatic rings. The van der Waals surface area contributed by atoms with Gasteiger partial charge < -0.3 is 10.2 Å². The van der Waals surface area contributed by atoms with Gasteiger partial charge in [0.1, 0.15) is 11.6 Å². The maximum absolute atomic E-state index is 12.9. The van der Waals surface area contributed by atoms with Crippen molar-refractivity contribution in [1.29, 1.82) is 0 Å². The zero-order valence-electron chi connectivity index (χ0n) is 11.9. The maximum Gasteiger partial charge on any atom is 0.249 e. The van der Waals surface area contributed by atoms with E-state index >= 15 is 0 Å². The normalized spacial score (nSPS) is 30.3. The van der Waals surface area contributed by atoms with Crippen LogP contribution in [0.4, 0.5) is 0 Å². The highest BCUT2D eigenvalue weighted by Gasteiger charge is 2.55. The molecule has 1 aliphatic heterocycles. The van der Waals surface area contributed by atoms with Crippen LogP contribution in [0.5, 0.6) is 0 Å². The van der Waals surface area contributed by atoms with E-state index in [1.807, 2.05) is 4.90 Å². The molecule has 1 unspecified atom stereocenters. The van der Waals surface area contributed by atoms with E-state index < -0.39 is 5.54 Å². The minimum Gasteiger partial charge on any atom is -0.340 e. The highest BCUT2D eigenvalue weighted by atomic mass is 16.2. The molecule has 1 atom stereocenters. The Bertz CT molecular complexity index is 395. The van der Waals surface area contributed by atoms with Crippen LogP contribution >= 0.6 is 0 Å². The van der Waals surface area contributed by atoms with Gasteiger partial charge in [-0.2, -0.15) is 0 Å². The topological polar surface area (TPSA) is 49.4 Å². The molecule has 0 aromatic carbocycles. The zero-order valence-corrected chi connectivity index (χ0v) is 11.9. The lowest BCUT2D eigenvalue weighted by Crippen LogP contribution is -2.70. The summed E-state index contributed by atoms with van der Waals surface area (Å²) in [6.45, 7) is 4.95. The molecule has 2 aliphatic carbocycles. The fourth-order valence-corrected chi connectivity index (χ4v) is 3.69. The fourth-order valence-electron chi connectivity index (χ4n) is 3.69. The SMILES string of the molecule is CC(C)CN1C(=O)C2(CCCC2)NC(=O)C1C1CC1. The van der Waals surface area contributed by atoms with Crippen LogP contribution in [-0.2, 0) is 9.59 Å². The summed E-state index contributed by atoms with van der Waals surface area (Å²) in [7, 11) is 0. The van der Waals surface area contributed by atoms with Gasteiger partial charge in [-0.25, -0.2) is 0 Å². The Kier molecular flexibility index (Phi) is 3.06. The van der Waals surface area contributed by atoms with Crippen LogP contribution in [0.15, 0.2) is 0 Å². The quantitative estimate of drug-likeness (QED) is 0.843. The molecular formula is C15H24N2O2. The molecule has 3 rings (SSSR count). The number of nitrogens with one attached hydrogen (secondary N) is 1. The molecule has 0 bridgehead atoms. The average molecular weight is 264 g/mol. The summed E-state index contributed by atoms with van der Waals surface area (Å²) in [5.41, 5.74) is -0.558. The molecule has 3 aliphatic rings. The molecule has 0 radical (unpaired) electrons. The molecule has 1 saturated heterocycles. The predicted octanol–water partition coefficient (Wildman–Crippen LogP) is 1.69. The van der Waals surface area contributed by atoms with Crippen molar-refractivity contribution in [3.63, 3.8) is 0 Å². The monoisotopic (exact) mass is 264 g/mol. The van der Waals surface area contributed by atoms with Crippen LogP contribution in [0, 0.1) is 11.8 Å². The maximum atomic E-state index is 12.9. The summed E-state index contributed by atoms with van der Waals surface area (Å²) in [4.78, 5) is 27.3. The van der Waals surface area contributed by atoms with Crippen molar-refractivity contribution in [3.8, 4) is 0 Å². The number of hydrogen-bond acceptors (Lipinski definition) is 2. The highest BCUT2D eigenvalue weighted by molar-refractivity contribution is 6.00. The lowest BCUT2D eigenvalue weighted by atomic mass is 9.89. The summed E-state index contributed by atoms with van der Waals surface area (Å²) in [6, 6.07) is -0.193. The van der Waals surface area contributed by atoms with Gasteiger partial charge in [-0.05, 0) is 37.5 Å². The molecule has 19 heavy (non-hydrogen) atoms. The Morgan fingerprint density at radius 3 is 2.42 bits per heavy atom. The molecule has 4 heteroatoms. The average Bonchev–Trinajstić information content (AvgIpc) is 3.05. The molecule has 4 nitrogen and oxygen atoms in total. The Morgan fingerprint density at radius 1 is 1.26 bits per heavy atom. The molecule has 106 valence electrons. The lowest BCUT2D eigenvalue weighted by molar-refractivity contribution is -0.156. The second kappa shape index (κ2) is 4.50. The lowest BCUT2D eigenvalue weighted by Gasteiger charge is -2.45. The van der Waals surface area contributed by atoms with Crippen molar-refractivity contribution in [1.82, 2.24) is 10.2 Å². The van der Waals surface area contributed by atoms with Crippen LogP contribution in [0.2, 0.25) is 0 Å². The van der Waals surface area contributed by atoms with Crippen LogP contribution in [0.3, 0.4) is 0 Å². The summed E-state index contributed by atoms with van der Waals surface area (Å²) in [5, 5.41) is 3.09. The van der Waals surface area contributed by atoms with E-state index in [9.17, 15) is 9.59 Å². The number of amides is 2. The summed E-state index contributed by atoms with van der Waals surface area (Å²) < 4.78 is 0. The molecule has 1 N–H and O–H groups in total. The first-order chi connectivity index (χ1) is 9.03. The van der Waals surface area contributed by atoms with Crippen LogP contribution in [0.25, 0.3) is 0 Å². The van der Waals surface area contributed by atoms with E-state index in [1.54, 1.807) is 0 Å². The molecule has 0 aromatic heterocycles. The van der Waals surface area contributed by atoms with E-state index in [0.717, 1.165) is 45.1 Å². The van der Waals surface area contributed by atoms with E-state index in [1.165, 1.54) is 0 Å². The van der Waals surface area contributed by atoms with E-state index in [2.05, 4.69) is 19.2 Å². The van der Waals surface area contributed by atoms with Crippen molar-refractivity contribution >= 4 is 11.8 Å². The number of nitrogens with zero attached hydrogens (tertiary/aromatic N) is 1. The second-order valence-electron chi connectivity index (χ2n) is 6.91. The zero-order chi connectivity index (χ0) is 13.6. The summed E-state index contributed by atoms with van der Waals surface area (Å²) >= 11 is 0. The van der Waals surface area contributed by atoms with Crippen molar-refractivity contribution in [2.45, 2.75) is 64.0 Å². The molecule has 2 amide bonds. The first kappa shape index (κ1) is 12.9. The predicted molar refractivity (Wildman–Crippen MR) is 72.4 cm³/mol. The van der Waals surface area contributed by atoms with Crippen molar-refractivity contribution in [2.75, 3.05) is 6.54 Å². The van der Waals surface area contributed by atoms with Gasteiger partial charge in [-0.15, -0.1) is 0 Å². The first-order valence-electron chi connectivity index (χ1n) is 7.66. The highest BCUT2D eigenvalue weighted by Crippen LogP contribution is 2.41. The Labute approximate surface area is 114 Å². The summed E-state index contributed by atoms with van der Waals surface area (Å²) in [5.74, 6) is 1.11. The third-order valence-electron chi connectivity index (χ3n) is 4.72. The molecule has 1 spiro atoms. The van der Waals surface area contributed by atoms with Crippen molar-refractivity contribution in [2.24, 2.45) is 11.8 Å². The Morgan fingerprint density at radius 2 is 1.89 bits per heavy atom. The second-order valence-corrected chi connectivity index (χ2v) is 6.91. The standard InChI is InChI=1S/C15H24N2O2/c1-10(2)9-17-12(11-5-6-11)13(18)16-15(14(17)19)7-3-4-8-15/h10-12H,3-9H2,1-2H3,(H,16,18). The van der Waals surface area contributed by atoms with Crippen LogP contribution in [-0.4, -0.2) is 34.8 Å².